The summed E-state index contributed by atoms with van der Waals surface area (Å²) in [7, 11) is 0. The monoisotopic (exact) mass is 312 g/mol. The predicted molar refractivity (Wildman–Crippen MR) is 100 cm³/mol. The van der Waals surface area contributed by atoms with Crippen LogP contribution >= 0.6 is 0 Å². The number of furan rings is 1. The molecular formula is C23H20O. The van der Waals surface area contributed by atoms with Gasteiger partial charge in [-0.3, -0.25) is 0 Å². The summed E-state index contributed by atoms with van der Waals surface area (Å²) in [6.45, 7) is 4.31. The first-order valence-corrected chi connectivity index (χ1v) is 8.34. The van der Waals surface area contributed by atoms with Crippen molar-refractivity contribution in [1.29, 1.82) is 0 Å². The molecule has 0 saturated heterocycles. The van der Waals surface area contributed by atoms with Crippen LogP contribution in [0.4, 0.5) is 0 Å². The summed E-state index contributed by atoms with van der Waals surface area (Å²) in [6, 6.07) is 25.5. The Labute approximate surface area is 142 Å². The van der Waals surface area contributed by atoms with Crippen molar-refractivity contribution in [3.8, 4) is 11.1 Å². The standard InChI is InChI=1S/C23H20O/c1-16-12-13-19(14-17(16)2)23-20-10-6-7-11-21(20)24-22(23)15-18-8-4-3-5-9-18/h3-14H,15H2,1-2H3. The van der Waals surface area contributed by atoms with Gasteiger partial charge in [0.25, 0.3) is 0 Å². The number of rotatable bonds is 3. The molecule has 4 aromatic rings. The molecule has 0 fully saturated rings. The molecule has 1 heterocycles. The van der Waals surface area contributed by atoms with Crippen LogP contribution in [-0.2, 0) is 6.42 Å². The maximum absolute atomic E-state index is 6.23. The Kier molecular flexibility index (Phi) is 3.70. The summed E-state index contributed by atoms with van der Waals surface area (Å²) in [5.74, 6) is 1.03. The molecule has 0 N–H and O–H groups in total. The molecule has 0 radical (unpaired) electrons. The molecule has 0 spiro atoms. The molecule has 0 atom stereocenters. The quantitative estimate of drug-likeness (QED) is 0.432. The van der Waals surface area contributed by atoms with Crippen LogP contribution in [0.15, 0.2) is 77.2 Å². The first-order valence-electron chi connectivity index (χ1n) is 8.34. The van der Waals surface area contributed by atoms with Crippen molar-refractivity contribution in [2.24, 2.45) is 0 Å². The van der Waals surface area contributed by atoms with E-state index in [1.165, 1.54) is 33.2 Å². The van der Waals surface area contributed by atoms with Crippen LogP contribution in [0.2, 0.25) is 0 Å². The summed E-state index contributed by atoms with van der Waals surface area (Å²) in [4.78, 5) is 0. The molecule has 1 heteroatoms. The smallest absolute Gasteiger partial charge is 0.134 e. The van der Waals surface area contributed by atoms with Crippen molar-refractivity contribution in [3.05, 3.63) is 95.2 Å². The summed E-state index contributed by atoms with van der Waals surface area (Å²) in [6.07, 6.45) is 0.803. The average molecular weight is 312 g/mol. The fourth-order valence-electron chi connectivity index (χ4n) is 3.22. The van der Waals surface area contributed by atoms with Crippen molar-refractivity contribution < 1.29 is 4.42 Å². The molecule has 24 heavy (non-hydrogen) atoms. The minimum Gasteiger partial charge on any atom is -0.460 e. The maximum Gasteiger partial charge on any atom is 0.134 e. The van der Waals surface area contributed by atoms with Gasteiger partial charge in [-0.25, -0.2) is 0 Å². The second kappa shape index (κ2) is 6.01. The topological polar surface area (TPSA) is 13.1 Å². The second-order valence-corrected chi connectivity index (χ2v) is 6.36. The van der Waals surface area contributed by atoms with Crippen LogP contribution in [0.5, 0.6) is 0 Å². The predicted octanol–water partition coefficient (Wildman–Crippen LogP) is 6.31. The third-order valence-corrected chi connectivity index (χ3v) is 4.67. The lowest BCUT2D eigenvalue weighted by Crippen LogP contribution is -1.90. The van der Waals surface area contributed by atoms with Crippen molar-refractivity contribution in [1.82, 2.24) is 0 Å². The van der Waals surface area contributed by atoms with E-state index in [1.807, 2.05) is 18.2 Å². The molecule has 1 nitrogen and oxygen atoms in total. The molecule has 118 valence electrons. The molecule has 0 unspecified atom stereocenters. The number of fused-ring (bicyclic) bond motifs is 1. The van der Waals surface area contributed by atoms with Gasteiger partial charge in [-0.05, 0) is 42.2 Å². The summed E-state index contributed by atoms with van der Waals surface area (Å²) < 4.78 is 6.23. The van der Waals surface area contributed by atoms with Gasteiger partial charge in [-0.15, -0.1) is 0 Å². The van der Waals surface area contributed by atoms with E-state index >= 15 is 0 Å². The largest absolute Gasteiger partial charge is 0.460 e. The van der Waals surface area contributed by atoms with E-state index in [4.69, 9.17) is 4.42 Å². The number of para-hydroxylation sites is 1. The average Bonchev–Trinajstić information content (AvgIpc) is 2.96. The van der Waals surface area contributed by atoms with E-state index in [0.29, 0.717) is 0 Å². The number of benzene rings is 3. The number of aryl methyl sites for hydroxylation is 2. The Hall–Kier alpha value is -2.80. The van der Waals surface area contributed by atoms with Crippen LogP contribution in [0.3, 0.4) is 0 Å². The van der Waals surface area contributed by atoms with E-state index in [9.17, 15) is 0 Å². The zero-order chi connectivity index (χ0) is 16.5. The van der Waals surface area contributed by atoms with E-state index in [0.717, 1.165) is 17.8 Å². The minimum atomic E-state index is 0.803. The summed E-state index contributed by atoms with van der Waals surface area (Å²) in [5.41, 5.74) is 7.30. The zero-order valence-electron chi connectivity index (χ0n) is 14.0. The van der Waals surface area contributed by atoms with Gasteiger partial charge in [0.1, 0.15) is 11.3 Å². The molecular weight excluding hydrogens is 292 g/mol. The molecule has 3 aromatic carbocycles. The third-order valence-electron chi connectivity index (χ3n) is 4.67. The van der Waals surface area contributed by atoms with Gasteiger partial charge in [0.2, 0.25) is 0 Å². The lowest BCUT2D eigenvalue weighted by molar-refractivity contribution is 0.564. The van der Waals surface area contributed by atoms with E-state index < -0.39 is 0 Å². The maximum atomic E-state index is 6.23. The minimum absolute atomic E-state index is 0.803. The number of hydrogen-bond donors (Lipinski definition) is 0. The van der Waals surface area contributed by atoms with Crippen LogP contribution in [-0.4, -0.2) is 0 Å². The lowest BCUT2D eigenvalue weighted by Gasteiger charge is -2.07. The molecule has 0 saturated carbocycles. The van der Waals surface area contributed by atoms with Gasteiger partial charge in [0, 0.05) is 17.4 Å². The van der Waals surface area contributed by atoms with Gasteiger partial charge in [0.15, 0.2) is 0 Å². The first-order chi connectivity index (χ1) is 11.7. The Morgan fingerprint density at radius 2 is 1.50 bits per heavy atom. The molecule has 1 aromatic heterocycles. The zero-order valence-corrected chi connectivity index (χ0v) is 14.0. The molecule has 0 aliphatic carbocycles. The highest BCUT2D eigenvalue weighted by Crippen LogP contribution is 2.36. The second-order valence-electron chi connectivity index (χ2n) is 6.36. The van der Waals surface area contributed by atoms with Crippen LogP contribution in [0.1, 0.15) is 22.5 Å². The Morgan fingerprint density at radius 1 is 0.750 bits per heavy atom. The van der Waals surface area contributed by atoms with Crippen molar-refractivity contribution in [2.75, 3.05) is 0 Å². The highest BCUT2D eigenvalue weighted by atomic mass is 16.3. The normalized spacial score (nSPS) is 11.1. The van der Waals surface area contributed by atoms with Crippen molar-refractivity contribution in [3.63, 3.8) is 0 Å². The fourth-order valence-corrected chi connectivity index (χ4v) is 3.22. The first kappa shape index (κ1) is 14.8. The fraction of sp³-hybridized carbons (Fsp3) is 0.130. The summed E-state index contributed by atoms with van der Waals surface area (Å²) >= 11 is 0. The van der Waals surface area contributed by atoms with Crippen LogP contribution in [0, 0.1) is 13.8 Å². The van der Waals surface area contributed by atoms with Crippen molar-refractivity contribution in [2.45, 2.75) is 20.3 Å². The van der Waals surface area contributed by atoms with Gasteiger partial charge in [-0.1, -0.05) is 66.7 Å². The Bertz CT molecular complexity index is 993. The van der Waals surface area contributed by atoms with Crippen LogP contribution in [0.25, 0.3) is 22.1 Å². The lowest BCUT2D eigenvalue weighted by atomic mass is 9.96. The van der Waals surface area contributed by atoms with E-state index in [1.54, 1.807) is 0 Å². The van der Waals surface area contributed by atoms with Gasteiger partial charge >= 0.3 is 0 Å². The van der Waals surface area contributed by atoms with Crippen LogP contribution < -0.4 is 0 Å². The Balaban J connectivity index is 1.91. The van der Waals surface area contributed by atoms with E-state index in [2.05, 4.69) is 68.4 Å². The molecule has 0 bridgehead atoms. The molecule has 0 amide bonds. The van der Waals surface area contributed by atoms with E-state index in [-0.39, 0.29) is 0 Å². The van der Waals surface area contributed by atoms with Gasteiger partial charge < -0.3 is 4.42 Å². The van der Waals surface area contributed by atoms with Crippen molar-refractivity contribution >= 4 is 11.0 Å². The number of hydrogen-bond acceptors (Lipinski definition) is 1. The molecule has 0 aliphatic rings. The highest BCUT2D eigenvalue weighted by molar-refractivity contribution is 5.96. The summed E-state index contributed by atoms with van der Waals surface area (Å²) in [5, 5.41) is 1.19. The van der Waals surface area contributed by atoms with Gasteiger partial charge in [-0.2, -0.15) is 0 Å². The highest BCUT2D eigenvalue weighted by Gasteiger charge is 2.16. The third kappa shape index (κ3) is 2.63. The molecule has 0 aliphatic heterocycles. The van der Waals surface area contributed by atoms with Gasteiger partial charge in [0.05, 0.1) is 0 Å². The molecule has 4 rings (SSSR count). The SMILES string of the molecule is Cc1ccc(-c2c(Cc3ccccc3)oc3ccccc23)cc1C. The Morgan fingerprint density at radius 3 is 2.29 bits per heavy atom.